The average molecular weight is 446 g/mol. The highest BCUT2D eigenvalue weighted by Crippen LogP contribution is 2.63. The van der Waals surface area contributed by atoms with E-state index in [1.54, 1.807) is 5.56 Å². The van der Waals surface area contributed by atoms with Crippen molar-refractivity contribution >= 4 is 20.9 Å². The Morgan fingerprint density at radius 1 is 1.03 bits per heavy atom. The molecule has 0 spiro atoms. The summed E-state index contributed by atoms with van der Waals surface area (Å²) in [5.74, 6) is 3.20. The molecule has 0 unspecified atom stereocenters. The van der Waals surface area contributed by atoms with Crippen LogP contribution in [0.25, 0.3) is 0 Å². The van der Waals surface area contributed by atoms with Crippen LogP contribution in [0.15, 0.2) is 48.5 Å². The van der Waals surface area contributed by atoms with Gasteiger partial charge in [0.1, 0.15) is 5.75 Å². The minimum Gasteiger partial charge on any atom is -0.544 e. The molecule has 32 heavy (non-hydrogen) atoms. The summed E-state index contributed by atoms with van der Waals surface area (Å²) in [4.78, 5) is 0. The van der Waals surface area contributed by atoms with E-state index in [4.69, 9.17) is 13.7 Å². The lowest BCUT2D eigenvalue weighted by molar-refractivity contribution is -0.00765. The fraction of sp³-hybridized carbons (Fsp3) is 0.556. The molecule has 0 radical (unpaired) electrons. The lowest BCUT2D eigenvalue weighted by Gasteiger charge is -2.50. The normalized spacial score (nSPS) is 35.6. The van der Waals surface area contributed by atoms with Gasteiger partial charge in [0.25, 0.3) is 0 Å². The van der Waals surface area contributed by atoms with Crippen LogP contribution in [0, 0.1) is 17.3 Å². The van der Waals surface area contributed by atoms with Gasteiger partial charge in [-0.2, -0.15) is 0 Å². The van der Waals surface area contributed by atoms with Crippen molar-refractivity contribution in [1.82, 2.24) is 0 Å². The number of hydrogen-bond acceptors (Lipinski definition) is 3. The third kappa shape index (κ3) is 3.39. The minimum atomic E-state index is -1.58. The molecule has 3 fully saturated rings. The van der Waals surface area contributed by atoms with Crippen LogP contribution in [0.5, 0.6) is 5.75 Å². The molecule has 0 N–H and O–H groups in total. The molecule has 1 aliphatic heterocycles. The van der Waals surface area contributed by atoms with Crippen molar-refractivity contribution in [3.8, 4) is 5.75 Å². The van der Waals surface area contributed by atoms with Crippen molar-refractivity contribution in [3.05, 3.63) is 59.7 Å². The first-order valence-electron chi connectivity index (χ1n) is 12.5. The van der Waals surface area contributed by atoms with Gasteiger partial charge in [0.05, 0.1) is 12.2 Å². The molecule has 5 heteroatoms. The second-order valence-corrected chi connectivity index (χ2v) is 16.2. The summed E-state index contributed by atoms with van der Waals surface area (Å²) in [5, 5.41) is 0. The van der Waals surface area contributed by atoms with E-state index >= 15 is 0 Å². The van der Waals surface area contributed by atoms with Crippen LogP contribution < -0.4 is 9.89 Å². The van der Waals surface area contributed by atoms with E-state index < -0.39 is 8.32 Å². The van der Waals surface area contributed by atoms with Crippen molar-refractivity contribution in [2.24, 2.45) is 17.3 Å². The number of rotatable bonds is 3. The Hall–Kier alpha value is -1.56. The lowest BCUT2D eigenvalue weighted by atomic mass is 9.55. The summed E-state index contributed by atoms with van der Waals surface area (Å²) in [7, 11) is -1.77. The van der Waals surface area contributed by atoms with Gasteiger partial charge < -0.3 is 13.7 Å². The number of hydrogen-bond donors (Lipinski definition) is 0. The highest BCUT2D eigenvalue weighted by Gasteiger charge is 2.62. The maximum Gasteiger partial charge on any atom is 0.494 e. The molecule has 168 valence electrons. The summed E-state index contributed by atoms with van der Waals surface area (Å²) >= 11 is 0. The Balaban J connectivity index is 1.22. The minimum absolute atomic E-state index is 0.196. The van der Waals surface area contributed by atoms with Crippen LogP contribution in [-0.4, -0.2) is 27.6 Å². The maximum atomic E-state index is 6.62. The zero-order chi connectivity index (χ0) is 22.1. The number of fused-ring (bicyclic) bond motifs is 7. The van der Waals surface area contributed by atoms with Crippen LogP contribution in [0.4, 0.5) is 0 Å². The molecule has 0 bridgehead atoms. The molecule has 1 heterocycles. The predicted octanol–water partition coefficient (Wildman–Crippen LogP) is 5.55. The second-order valence-electron chi connectivity index (χ2n) is 11.7. The van der Waals surface area contributed by atoms with Crippen LogP contribution in [-0.2, 0) is 15.7 Å². The average Bonchev–Trinajstić information content (AvgIpc) is 3.30. The van der Waals surface area contributed by atoms with Crippen molar-refractivity contribution in [3.63, 3.8) is 0 Å². The van der Waals surface area contributed by atoms with E-state index in [1.165, 1.54) is 31.2 Å². The van der Waals surface area contributed by atoms with Gasteiger partial charge in [0, 0.05) is 0 Å². The third-order valence-corrected chi connectivity index (χ3v) is 9.52. The smallest absolute Gasteiger partial charge is 0.494 e. The first-order valence-corrected chi connectivity index (χ1v) is 15.9. The topological polar surface area (TPSA) is 27.7 Å². The molecular weight excluding hydrogens is 411 g/mol. The monoisotopic (exact) mass is 446 g/mol. The van der Waals surface area contributed by atoms with E-state index in [-0.39, 0.29) is 24.7 Å². The predicted molar refractivity (Wildman–Crippen MR) is 132 cm³/mol. The van der Waals surface area contributed by atoms with Crippen LogP contribution in [0.2, 0.25) is 19.6 Å². The van der Waals surface area contributed by atoms with Gasteiger partial charge in [-0.3, -0.25) is 0 Å². The van der Waals surface area contributed by atoms with Crippen molar-refractivity contribution in [1.29, 1.82) is 0 Å². The van der Waals surface area contributed by atoms with Gasteiger partial charge in [-0.05, 0) is 104 Å². The highest BCUT2D eigenvalue weighted by molar-refractivity contribution is 6.70. The summed E-state index contributed by atoms with van der Waals surface area (Å²) < 4.78 is 19.4. The van der Waals surface area contributed by atoms with Gasteiger partial charge in [0.15, 0.2) is 0 Å². The Bertz CT molecular complexity index is 1010. The Kier molecular flexibility index (Phi) is 4.91. The lowest BCUT2D eigenvalue weighted by Crippen LogP contribution is -2.46. The van der Waals surface area contributed by atoms with E-state index in [0.29, 0.717) is 11.8 Å². The quantitative estimate of drug-likeness (QED) is 0.579. The van der Waals surface area contributed by atoms with Crippen molar-refractivity contribution < 1.29 is 13.7 Å². The molecule has 6 atom stereocenters. The van der Waals surface area contributed by atoms with Crippen LogP contribution in [0.3, 0.4) is 0 Å². The third-order valence-electron chi connectivity index (χ3n) is 8.67. The first-order chi connectivity index (χ1) is 15.3. The van der Waals surface area contributed by atoms with E-state index in [9.17, 15) is 0 Å². The van der Waals surface area contributed by atoms with Crippen LogP contribution >= 0.6 is 0 Å². The Labute approximate surface area is 194 Å². The molecule has 3 nitrogen and oxygen atoms in total. The van der Waals surface area contributed by atoms with Gasteiger partial charge >= 0.3 is 7.12 Å². The van der Waals surface area contributed by atoms with Gasteiger partial charge in [-0.15, -0.1) is 0 Å². The molecule has 2 saturated carbocycles. The molecule has 6 rings (SSSR count). The summed E-state index contributed by atoms with van der Waals surface area (Å²) in [6.07, 6.45) is 6.58. The fourth-order valence-corrected chi connectivity index (χ4v) is 8.21. The first kappa shape index (κ1) is 21.0. The Morgan fingerprint density at radius 2 is 1.84 bits per heavy atom. The van der Waals surface area contributed by atoms with Crippen LogP contribution in [0.1, 0.15) is 49.7 Å². The van der Waals surface area contributed by atoms with E-state index in [0.717, 1.165) is 23.6 Å². The molecule has 0 aromatic heterocycles. The second kappa shape index (κ2) is 7.48. The number of aryl methyl sites for hydroxylation is 1. The molecular formula is C27H35BO3Si. The van der Waals surface area contributed by atoms with Gasteiger partial charge in [-0.1, -0.05) is 43.3 Å². The zero-order valence-electron chi connectivity index (χ0n) is 19.8. The molecule has 2 aromatic rings. The Morgan fingerprint density at radius 3 is 2.62 bits per heavy atom. The molecule has 1 saturated heterocycles. The van der Waals surface area contributed by atoms with E-state index in [1.807, 2.05) is 0 Å². The summed E-state index contributed by atoms with van der Waals surface area (Å²) in [6.45, 7) is 9.27. The fourth-order valence-electron chi connectivity index (χ4n) is 7.38. The summed E-state index contributed by atoms with van der Waals surface area (Å²) in [5.41, 5.74) is 4.50. The van der Waals surface area contributed by atoms with Gasteiger partial charge in [0.2, 0.25) is 8.32 Å². The SMILES string of the molecule is C[C@]12CC[C@@H]3c4ccc(O[Si](C)(C)C)cc4CC[C@H]3[C@@H]1C[C@@H]1OB(c3ccccc3)O[C@@H]12. The molecule has 0 amide bonds. The summed E-state index contributed by atoms with van der Waals surface area (Å²) in [6, 6.07) is 17.4. The van der Waals surface area contributed by atoms with Gasteiger partial charge in [-0.25, -0.2) is 0 Å². The molecule has 3 aliphatic carbocycles. The zero-order valence-corrected chi connectivity index (χ0v) is 20.8. The largest absolute Gasteiger partial charge is 0.544 e. The van der Waals surface area contributed by atoms with Crippen molar-refractivity contribution in [2.75, 3.05) is 0 Å². The standard InChI is InChI=1S/C27H35BO3Si/c1-27-15-14-22-21-13-11-20(31-32(2,3)4)16-18(21)10-12-23(22)24(27)17-25-26(27)30-28(29-25)19-8-6-5-7-9-19/h5-9,11,13,16,22-26H,10,12,14-15,17H2,1-4H3/t22-,23-,24+,25+,26+,27+/m1/s1. The molecule has 2 aromatic carbocycles. The highest BCUT2D eigenvalue weighted by atomic mass is 28.4. The van der Waals surface area contributed by atoms with Crippen molar-refractivity contribution in [2.45, 2.75) is 76.8 Å². The van der Waals surface area contributed by atoms with E-state index in [2.05, 4.69) is 75.1 Å². The molecule has 4 aliphatic rings. The maximum absolute atomic E-state index is 6.62. The number of benzene rings is 2.